The maximum absolute atomic E-state index is 12.7. The summed E-state index contributed by atoms with van der Waals surface area (Å²) in [5.74, 6) is -0.413. The van der Waals surface area contributed by atoms with E-state index in [1.807, 2.05) is 6.92 Å². The molecule has 2 amide bonds. The van der Waals surface area contributed by atoms with Gasteiger partial charge < -0.3 is 16.0 Å². The van der Waals surface area contributed by atoms with E-state index in [0.717, 1.165) is 37.9 Å². The number of fused-ring (bicyclic) bond motifs is 1. The maximum atomic E-state index is 12.7. The van der Waals surface area contributed by atoms with Crippen molar-refractivity contribution in [3.05, 3.63) is 16.0 Å². The predicted octanol–water partition coefficient (Wildman–Crippen LogP) is 1.51. The van der Waals surface area contributed by atoms with Crippen LogP contribution >= 0.6 is 11.3 Å². The summed E-state index contributed by atoms with van der Waals surface area (Å²) in [6, 6.07) is -0.0965. The number of hydrogen-bond donors (Lipinski definition) is 3. The van der Waals surface area contributed by atoms with Crippen LogP contribution in [0.1, 0.15) is 66.2 Å². The Balaban J connectivity index is 1.71. The van der Waals surface area contributed by atoms with Crippen molar-refractivity contribution in [1.82, 2.24) is 0 Å². The molecule has 0 unspecified atom stereocenters. The highest BCUT2D eigenvalue weighted by Gasteiger charge is 2.30. The number of hydrogen-bond acceptors (Lipinski definition) is 3. The molecule has 2 aliphatic rings. The van der Waals surface area contributed by atoms with Crippen LogP contribution in [0.2, 0.25) is 0 Å². The van der Waals surface area contributed by atoms with Gasteiger partial charge in [-0.3, -0.25) is 9.59 Å². The molecule has 0 saturated carbocycles. The lowest BCUT2D eigenvalue weighted by Crippen LogP contribution is -3.16. The topological polar surface area (TPSA) is 76.6 Å². The molecule has 1 aliphatic heterocycles. The van der Waals surface area contributed by atoms with E-state index in [0.29, 0.717) is 10.6 Å². The monoisotopic (exact) mass is 350 g/mol. The first kappa shape index (κ1) is 17.4. The summed E-state index contributed by atoms with van der Waals surface area (Å²) in [5, 5.41) is 3.67. The Morgan fingerprint density at radius 2 is 1.75 bits per heavy atom. The molecule has 1 atom stereocenters. The summed E-state index contributed by atoms with van der Waals surface area (Å²) in [6.45, 7) is 4.11. The largest absolute Gasteiger partial charge is 0.365 e. The first-order chi connectivity index (χ1) is 11.6. The summed E-state index contributed by atoms with van der Waals surface area (Å²) < 4.78 is 0. The summed E-state index contributed by atoms with van der Waals surface area (Å²) in [6.07, 6.45) is 9.18. The van der Waals surface area contributed by atoms with E-state index in [2.05, 4.69) is 5.32 Å². The van der Waals surface area contributed by atoms with Crippen molar-refractivity contribution in [1.29, 1.82) is 0 Å². The minimum absolute atomic E-state index is 0.00740. The third-order valence-electron chi connectivity index (χ3n) is 5.41. The van der Waals surface area contributed by atoms with Crippen molar-refractivity contribution < 1.29 is 14.5 Å². The van der Waals surface area contributed by atoms with E-state index >= 15 is 0 Å². The van der Waals surface area contributed by atoms with Gasteiger partial charge in [-0.05, 0) is 57.4 Å². The van der Waals surface area contributed by atoms with Gasteiger partial charge in [0.2, 0.25) is 0 Å². The smallest absolute Gasteiger partial charge is 0.282 e. The Hall–Kier alpha value is -1.40. The SMILES string of the molecule is C[C@H](C(=O)Nc1sc2c(c1C(N)=O)CCC2)[NH+]1CCCCCCC1. The first-order valence-electron chi connectivity index (χ1n) is 9.17. The molecule has 0 spiro atoms. The standard InChI is InChI=1S/C18H27N3O2S/c1-12(21-10-5-3-2-4-6-11-21)17(23)20-18-15(16(19)22)13-8-7-9-14(13)24-18/h12H,2-11H2,1H3,(H2,19,22)(H,20,23)/p+1/t12-/m1/s1. The lowest BCUT2D eigenvalue weighted by Gasteiger charge is -2.26. The number of carbonyl (C=O) groups is 2. The fourth-order valence-corrected chi connectivity index (χ4v) is 5.25. The van der Waals surface area contributed by atoms with E-state index < -0.39 is 5.91 Å². The van der Waals surface area contributed by atoms with E-state index in [4.69, 9.17) is 5.73 Å². The highest BCUT2D eigenvalue weighted by atomic mass is 32.1. The summed E-state index contributed by atoms with van der Waals surface area (Å²) >= 11 is 1.53. The van der Waals surface area contributed by atoms with E-state index in [-0.39, 0.29) is 11.9 Å². The number of primary amides is 1. The number of likely N-dealkylation sites (tertiary alicyclic amines) is 1. The number of quaternary nitrogens is 1. The van der Waals surface area contributed by atoms with Crippen LogP contribution in [-0.2, 0) is 17.6 Å². The quantitative estimate of drug-likeness (QED) is 0.770. The second kappa shape index (κ2) is 7.66. The lowest BCUT2D eigenvalue weighted by molar-refractivity contribution is -0.914. The van der Waals surface area contributed by atoms with Gasteiger partial charge in [-0.25, -0.2) is 0 Å². The first-order valence-corrected chi connectivity index (χ1v) is 9.99. The van der Waals surface area contributed by atoms with Gasteiger partial charge in [-0.2, -0.15) is 0 Å². The van der Waals surface area contributed by atoms with Gasteiger partial charge in [-0.15, -0.1) is 11.3 Å². The Bertz CT molecular complexity index is 618. The van der Waals surface area contributed by atoms with Crippen LogP contribution in [-0.4, -0.2) is 30.9 Å². The van der Waals surface area contributed by atoms with Crippen LogP contribution in [0.4, 0.5) is 5.00 Å². The highest BCUT2D eigenvalue weighted by Crippen LogP contribution is 2.38. The Labute approximate surface area is 147 Å². The molecule has 1 aliphatic carbocycles. The van der Waals surface area contributed by atoms with E-state index in [1.54, 1.807) is 0 Å². The van der Waals surface area contributed by atoms with Gasteiger partial charge in [0.05, 0.1) is 18.7 Å². The molecule has 5 nitrogen and oxygen atoms in total. The Morgan fingerprint density at radius 1 is 1.08 bits per heavy atom. The van der Waals surface area contributed by atoms with Crippen LogP contribution in [0.25, 0.3) is 0 Å². The minimum Gasteiger partial charge on any atom is -0.365 e. The van der Waals surface area contributed by atoms with E-state index in [1.165, 1.54) is 53.2 Å². The van der Waals surface area contributed by atoms with Gasteiger partial charge in [0.15, 0.2) is 6.04 Å². The molecule has 1 aromatic rings. The second-order valence-electron chi connectivity index (χ2n) is 7.06. The number of thiophene rings is 1. The number of carbonyl (C=O) groups excluding carboxylic acids is 2. The van der Waals surface area contributed by atoms with Crippen molar-refractivity contribution >= 4 is 28.2 Å². The molecule has 6 heteroatoms. The molecular formula is C18H28N3O2S+. The van der Waals surface area contributed by atoms with Crippen molar-refractivity contribution in [3.63, 3.8) is 0 Å². The molecule has 1 fully saturated rings. The van der Waals surface area contributed by atoms with Gasteiger partial charge in [0, 0.05) is 4.88 Å². The lowest BCUT2D eigenvalue weighted by atomic mass is 10.1. The van der Waals surface area contributed by atoms with Gasteiger partial charge in [0.1, 0.15) is 5.00 Å². The number of anilines is 1. The van der Waals surface area contributed by atoms with Crippen LogP contribution in [0.5, 0.6) is 0 Å². The Morgan fingerprint density at radius 3 is 2.42 bits per heavy atom. The summed E-state index contributed by atoms with van der Waals surface area (Å²) in [7, 11) is 0. The normalized spacial score (nSPS) is 20.0. The third-order valence-corrected chi connectivity index (χ3v) is 6.61. The zero-order chi connectivity index (χ0) is 17.1. The summed E-state index contributed by atoms with van der Waals surface area (Å²) in [4.78, 5) is 27.2. The molecule has 24 heavy (non-hydrogen) atoms. The van der Waals surface area contributed by atoms with Crippen molar-refractivity contribution in [2.45, 2.75) is 64.3 Å². The number of amides is 2. The van der Waals surface area contributed by atoms with Gasteiger partial charge >= 0.3 is 0 Å². The maximum Gasteiger partial charge on any atom is 0.282 e. The molecule has 4 N–H and O–H groups in total. The molecule has 132 valence electrons. The van der Waals surface area contributed by atoms with Crippen LogP contribution < -0.4 is 16.0 Å². The number of nitrogens with one attached hydrogen (secondary N) is 2. The number of nitrogens with two attached hydrogens (primary N) is 1. The Kier molecular flexibility index (Phi) is 5.56. The third kappa shape index (κ3) is 3.64. The average molecular weight is 351 g/mol. The fraction of sp³-hybridized carbons (Fsp3) is 0.667. The zero-order valence-electron chi connectivity index (χ0n) is 14.5. The fourth-order valence-electron chi connectivity index (χ4n) is 3.95. The van der Waals surface area contributed by atoms with Crippen molar-refractivity contribution in [2.75, 3.05) is 18.4 Å². The van der Waals surface area contributed by atoms with Crippen molar-refractivity contribution in [2.24, 2.45) is 5.73 Å². The molecule has 3 rings (SSSR count). The molecule has 0 radical (unpaired) electrons. The minimum atomic E-state index is -0.420. The van der Waals surface area contributed by atoms with Crippen LogP contribution in [0.15, 0.2) is 0 Å². The number of aryl methyl sites for hydroxylation is 1. The predicted molar refractivity (Wildman–Crippen MR) is 96.7 cm³/mol. The molecule has 2 heterocycles. The summed E-state index contributed by atoms with van der Waals surface area (Å²) in [5.41, 5.74) is 7.19. The van der Waals surface area contributed by atoms with Gasteiger partial charge in [-0.1, -0.05) is 6.42 Å². The molecule has 0 aromatic carbocycles. The molecule has 0 bridgehead atoms. The molecular weight excluding hydrogens is 322 g/mol. The molecule has 1 aromatic heterocycles. The van der Waals surface area contributed by atoms with Crippen LogP contribution in [0, 0.1) is 0 Å². The van der Waals surface area contributed by atoms with Crippen molar-refractivity contribution in [3.8, 4) is 0 Å². The number of rotatable bonds is 4. The zero-order valence-corrected chi connectivity index (χ0v) is 15.3. The average Bonchev–Trinajstić information content (AvgIpc) is 3.06. The van der Waals surface area contributed by atoms with Gasteiger partial charge in [0.25, 0.3) is 11.8 Å². The van der Waals surface area contributed by atoms with E-state index in [9.17, 15) is 9.59 Å². The molecule has 1 saturated heterocycles. The van der Waals surface area contributed by atoms with Crippen LogP contribution in [0.3, 0.4) is 0 Å². The second-order valence-corrected chi connectivity index (χ2v) is 8.17. The highest BCUT2D eigenvalue weighted by molar-refractivity contribution is 7.17.